The molecule has 142 valence electrons. The first-order valence-electron chi connectivity index (χ1n) is 8.77. The molecule has 0 atom stereocenters. The summed E-state index contributed by atoms with van der Waals surface area (Å²) in [6.45, 7) is 2.04. The topological polar surface area (TPSA) is 89.5 Å². The molecule has 0 aliphatic rings. The average Bonchev–Trinajstić information content (AvgIpc) is 3.18. The van der Waals surface area contributed by atoms with E-state index in [0.717, 1.165) is 16.8 Å². The van der Waals surface area contributed by atoms with Crippen LogP contribution >= 0.6 is 11.8 Å². The van der Waals surface area contributed by atoms with Crippen molar-refractivity contribution in [1.29, 1.82) is 5.26 Å². The molecule has 29 heavy (non-hydrogen) atoms. The van der Waals surface area contributed by atoms with Crippen molar-refractivity contribution in [2.75, 3.05) is 7.11 Å². The predicted molar refractivity (Wildman–Crippen MR) is 109 cm³/mol. The zero-order chi connectivity index (χ0) is 20.2. The second-order valence-corrected chi connectivity index (χ2v) is 7.14. The molecule has 4 rings (SSSR count). The molecule has 0 saturated carbocycles. The van der Waals surface area contributed by atoms with Gasteiger partial charge in [0.15, 0.2) is 11.5 Å². The summed E-state index contributed by atoms with van der Waals surface area (Å²) in [7, 11) is 1.63. The van der Waals surface area contributed by atoms with E-state index in [1.807, 2.05) is 66.1 Å². The predicted octanol–water partition coefficient (Wildman–Crippen LogP) is 4.06. The molecule has 2 aromatic carbocycles. The van der Waals surface area contributed by atoms with Gasteiger partial charge in [-0.1, -0.05) is 29.8 Å². The van der Waals surface area contributed by atoms with E-state index in [2.05, 4.69) is 20.4 Å². The summed E-state index contributed by atoms with van der Waals surface area (Å²) in [6, 6.07) is 21.1. The van der Waals surface area contributed by atoms with Gasteiger partial charge in [0, 0.05) is 5.69 Å². The number of aryl methyl sites for hydroxylation is 1. The molecule has 2 heterocycles. The van der Waals surface area contributed by atoms with Crippen molar-refractivity contribution in [2.45, 2.75) is 17.1 Å². The van der Waals surface area contributed by atoms with Crippen molar-refractivity contribution in [3.8, 4) is 28.9 Å². The Hall–Kier alpha value is -3.70. The number of nitriles is 1. The Labute approximate surface area is 172 Å². The van der Waals surface area contributed by atoms with Crippen LogP contribution in [0.4, 0.5) is 0 Å². The Morgan fingerprint density at radius 1 is 0.931 bits per heavy atom. The Morgan fingerprint density at radius 3 is 2.41 bits per heavy atom. The lowest BCUT2D eigenvalue weighted by molar-refractivity contribution is 0.416. The van der Waals surface area contributed by atoms with E-state index in [1.54, 1.807) is 19.2 Å². The molecule has 0 unspecified atom stereocenters. The minimum atomic E-state index is 0.268. The van der Waals surface area contributed by atoms with E-state index < -0.39 is 0 Å². The molecule has 4 aromatic rings. The van der Waals surface area contributed by atoms with Gasteiger partial charge in [-0.3, -0.25) is 4.57 Å². The number of hydrogen-bond donors (Lipinski definition) is 0. The third kappa shape index (κ3) is 3.81. The van der Waals surface area contributed by atoms with Crippen LogP contribution in [-0.4, -0.2) is 32.1 Å². The summed E-state index contributed by atoms with van der Waals surface area (Å²) >= 11 is 1.33. The van der Waals surface area contributed by atoms with Crippen molar-refractivity contribution < 1.29 is 4.74 Å². The zero-order valence-electron chi connectivity index (χ0n) is 15.8. The molecule has 8 heteroatoms. The van der Waals surface area contributed by atoms with E-state index in [9.17, 15) is 0 Å². The maximum Gasteiger partial charge on any atom is 0.202 e. The standard InChI is InChI=1S/C21H16N6OS/c1-14-7-10-16(11-8-14)27-20(17-5-3-4-6-18(17)28-2)25-26-21(27)29-19-12-9-15(13-22)23-24-19/h3-12H,1-2H3. The number of nitrogens with zero attached hydrogens (tertiary/aromatic N) is 6. The van der Waals surface area contributed by atoms with Gasteiger partial charge >= 0.3 is 0 Å². The lowest BCUT2D eigenvalue weighted by Crippen LogP contribution is -2.01. The van der Waals surface area contributed by atoms with Gasteiger partial charge in [0.2, 0.25) is 5.16 Å². The van der Waals surface area contributed by atoms with E-state index >= 15 is 0 Å². The minimum Gasteiger partial charge on any atom is -0.496 e. The maximum absolute atomic E-state index is 8.91. The van der Waals surface area contributed by atoms with Crippen LogP contribution in [0.1, 0.15) is 11.3 Å². The van der Waals surface area contributed by atoms with Gasteiger partial charge in [0.05, 0.1) is 12.7 Å². The largest absolute Gasteiger partial charge is 0.496 e. The van der Waals surface area contributed by atoms with Crippen molar-refractivity contribution in [3.05, 3.63) is 71.9 Å². The van der Waals surface area contributed by atoms with Crippen LogP contribution in [0.25, 0.3) is 17.1 Å². The molecule has 0 spiro atoms. The molecule has 0 saturated heterocycles. The number of aromatic nitrogens is 5. The highest BCUT2D eigenvalue weighted by Gasteiger charge is 2.20. The fourth-order valence-corrected chi connectivity index (χ4v) is 3.56. The highest BCUT2D eigenvalue weighted by molar-refractivity contribution is 7.99. The summed E-state index contributed by atoms with van der Waals surface area (Å²) in [5.41, 5.74) is 3.18. The van der Waals surface area contributed by atoms with Crippen LogP contribution < -0.4 is 4.74 Å². The Balaban J connectivity index is 1.84. The first-order chi connectivity index (χ1) is 14.2. The highest BCUT2D eigenvalue weighted by atomic mass is 32.2. The summed E-state index contributed by atoms with van der Waals surface area (Å²) < 4.78 is 7.48. The Bertz CT molecular complexity index is 1180. The molecule has 0 aliphatic carbocycles. The van der Waals surface area contributed by atoms with Gasteiger partial charge in [-0.05, 0) is 55.1 Å². The van der Waals surface area contributed by atoms with Gasteiger partial charge in [-0.25, -0.2) is 0 Å². The number of benzene rings is 2. The maximum atomic E-state index is 8.91. The molecule has 0 radical (unpaired) electrons. The number of rotatable bonds is 5. The van der Waals surface area contributed by atoms with E-state index in [0.29, 0.717) is 21.8 Å². The first-order valence-corrected chi connectivity index (χ1v) is 9.59. The minimum absolute atomic E-state index is 0.268. The second kappa shape index (κ2) is 8.12. The van der Waals surface area contributed by atoms with Crippen LogP contribution in [0.15, 0.2) is 70.8 Å². The van der Waals surface area contributed by atoms with Gasteiger partial charge in [0.25, 0.3) is 0 Å². The number of hydrogen-bond acceptors (Lipinski definition) is 7. The van der Waals surface area contributed by atoms with E-state index in [-0.39, 0.29) is 5.69 Å². The monoisotopic (exact) mass is 400 g/mol. The highest BCUT2D eigenvalue weighted by Crippen LogP contribution is 2.34. The summed E-state index contributed by atoms with van der Waals surface area (Å²) in [6.07, 6.45) is 0. The summed E-state index contributed by atoms with van der Waals surface area (Å²) in [5.74, 6) is 1.37. The van der Waals surface area contributed by atoms with Gasteiger partial charge in [-0.15, -0.1) is 20.4 Å². The number of methoxy groups -OCH3 is 1. The van der Waals surface area contributed by atoms with Crippen molar-refractivity contribution in [1.82, 2.24) is 25.0 Å². The van der Waals surface area contributed by atoms with E-state index in [4.69, 9.17) is 10.00 Å². The van der Waals surface area contributed by atoms with Crippen LogP contribution in [0.3, 0.4) is 0 Å². The third-order valence-electron chi connectivity index (χ3n) is 4.22. The van der Waals surface area contributed by atoms with Gasteiger partial charge in [-0.2, -0.15) is 5.26 Å². The molecule has 0 N–H and O–H groups in total. The van der Waals surface area contributed by atoms with Gasteiger partial charge < -0.3 is 4.74 Å². The molecule has 0 amide bonds. The summed E-state index contributed by atoms with van der Waals surface area (Å²) in [4.78, 5) is 0. The SMILES string of the molecule is COc1ccccc1-c1nnc(Sc2ccc(C#N)nn2)n1-c1ccc(C)cc1. The molecule has 0 fully saturated rings. The second-order valence-electron chi connectivity index (χ2n) is 6.15. The zero-order valence-corrected chi connectivity index (χ0v) is 16.6. The average molecular weight is 400 g/mol. The smallest absolute Gasteiger partial charge is 0.202 e. The van der Waals surface area contributed by atoms with Crippen molar-refractivity contribution >= 4 is 11.8 Å². The lowest BCUT2D eigenvalue weighted by atomic mass is 10.1. The number of ether oxygens (including phenoxy) is 1. The fraction of sp³-hybridized carbons (Fsp3) is 0.0952. The Morgan fingerprint density at radius 2 is 1.72 bits per heavy atom. The molecule has 0 aliphatic heterocycles. The van der Waals surface area contributed by atoms with E-state index in [1.165, 1.54) is 11.8 Å². The quantitative estimate of drug-likeness (QED) is 0.499. The van der Waals surface area contributed by atoms with Gasteiger partial charge in [0.1, 0.15) is 16.8 Å². The fourth-order valence-electron chi connectivity index (χ4n) is 2.79. The normalized spacial score (nSPS) is 10.5. The van der Waals surface area contributed by atoms with Crippen LogP contribution in [-0.2, 0) is 0 Å². The van der Waals surface area contributed by atoms with Crippen LogP contribution in [0, 0.1) is 18.3 Å². The number of para-hydroxylation sites is 1. The van der Waals surface area contributed by atoms with Crippen molar-refractivity contribution in [2.24, 2.45) is 0 Å². The molecule has 7 nitrogen and oxygen atoms in total. The molecule has 2 aromatic heterocycles. The molecular weight excluding hydrogens is 384 g/mol. The molecule has 0 bridgehead atoms. The summed E-state index contributed by atoms with van der Waals surface area (Å²) in [5, 5.41) is 27.0. The van der Waals surface area contributed by atoms with Crippen LogP contribution in [0.5, 0.6) is 5.75 Å². The van der Waals surface area contributed by atoms with Crippen molar-refractivity contribution in [3.63, 3.8) is 0 Å². The first kappa shape index (κ1) is 18.7. The molecular formula is C21H16N6OS. The Kier molecular flexibility index (Phi) is 5.22. The lowest BCUT2D eigenvalue weighted by Gasteiger charge is -2.12. The van der Waals surface area contributed by atoms with Crippen LogP contribution in [0.2, 0.25) is 0 Å². The third-order valence-corrected chi connectivity index (χ3v) is 5.10.